The van der Waals surface area contributed by atoms with Gasteiger partial charge in [-0.05, 0) is 56.8 Å². The molecule has 1 aromatic carbocycles. The molecule has 0 bridgehead atoms. The van der Waals surface area contributed by atoms with Crippen molar-refractivity contribution in [3.05, 3.63) is 45.3 Å². The van der Waals surface area contributed by atoms with E-state index in [1.807, 2.05) is 13.8 Å². The van der Waals surface area contributed by atoms with Crippen molar-refractivity contribution >= 4 is 11.0 Å². The molecule has 0 saturated carbocycles. The second-order valence-corrected chi connectivity index (χ2v) is 6.29. The molecular weight excluding hydrogens is 298 g/mol. The molecule has 0 aliphatic carbocycles. The molecule has 1 aliphatic heterocycles. The summed E-state index contributed by atoms with van der Waals surface area (Å²) >= 11 is 0. The van der Waals surface area contributed by atoms with Gasteiger partial charge in [-0.3, -0.25) is 4.90 Å². The Morgan fingerprint density at radius 3 is 2.77 bits per heavy atom. The predicted molar refractivity (Wildman–Crippen MR) is 85.7 cm³/mol. The second kappa shape index (κ2) is 6.84. The third-order valence-corrected chi connectivity index (χ3v) is 4.83. The van der Waals surface area contributed by atoms with Crippen LogP contribution in [0.3, 0.4) is 0 Å². The standard InChI is InChI=1S/C18H23NO2.ClH/c1-12-7-8-16-15(10-17(20)21-18(16)14(12)3)11-19-9-5-4-6-13(19)2;/h7-8,10,13H,4-6,9,11H2,1-3H3;1H/p-1. The van der Waals surface area contributed by atoms with Crippen LogP contribution in [0.15, 0.2) is 27.4 Å². The third-order valence-electron chi connectivity index (χ3n) is 4.83. The molecule has 22 heavy (non-hydrogen) atoms. The van der Waals surface area contributed by atoms with E-state index < -0.39 is 0 Å². The lowest BCUT2D eigenvalue weighted by Crippen LogP contribution is -3.00. The Bertz CT molecular complexity index is 723. The largest absolute Gasteiger partial charge is 1.00 e. The number of likely N-dealkylation sites (tertiary alicyclic amines) is 1. The molecule has 1 aromatic heterocycles. The fraction of sp³-hybridized carbons (Fsp3) is 0.500. The van der Waals surface area contributed by atoms with Crippen molar-refractivity contribution in [3.8, 4) is 0 Å². The molecule has 0 spiro atoms. The minimum absolute atomic E-state index is 0. The van der Waals surface area contributed by atoms with Crippen molar-refractivity contribution in [1.29, 1.82) is 0 Å². The Labute approximate surface area is 137 Å². The SMILES string of the molecule is Cc1ccc2c(CN3CCCCC3C)cc(=O)oc2c1C.[Cl-]. The van der Waals surface area contributed by atoms with Crippen molar-refractivity contribution < 1.29 is 16.8 Å². The number of benzene rings is 1. The Kier molecular flexibility index (Phi) is 5.30. The maximum Gasteiger partial charge on any atom is 0.336 e. The van der Waals surface area contributed by atoms with Crippen LogP contribution >= 0.6 is 0 Å². The second-order valence-electron chi connectivity index (χ2n) is 6.29. The van der Waals surface area contributed by atoms with E-state index >= 15 is 0 Å². The summed E-state index contributed by atoms with van der Waals surface area (Å²) in [7, 11) is 0. The van der Waals surface area contributed by atoms with Crippen molar-refractivity contribution in [1.82, 2.24) is 4.90 Å². The van der Waals surface area contributed by atoms with E-state index in [1.54, 1.807) is 6.07 Å². The maximum atomic E-state index is 11.9. The predicted octanol–water partition coefficient (Wildman–Crippen LogP) is 0.788. The Hall–Kier alpha value is -1.32. The van der Waals surface area contributed by atoms with Gasteiger partial charge in [-0.15, -0.1) is 0 Å². The van der Waals surface area contributed by atoms with Crippen molar-refractivity contribution in [3.63, 3.8) is 0 Å². The minimum Gasteiger partial charge on any atom is -1.00 e. The molecule has 1 unspecified atom stereocenters. The van der Waals surface area contributed by atoms with Gasteiger partial charge in [0, 0.05) is 24.0 Å². The van der Waals surface area contributed by atoms with E-state index in [2.05, 4.69) is 24.0 Å². The highest BCUT2D eigenvalue weighted by Gasteiger charge is 2.20. The van der Waals surface area contributed by atoms with Crippen LogP contribution in [0.25, 0.3) is 11.0 Å². The molecule has 2 heterocycles. The molecule has 4 heteroatoms. The number of rotatable bonds is 2. The van der Waals surface area contributed by atoms with Gasteiger partial charge in [0.25, 0.3) is 0 Å². The molecule has 0 radical (unpaired) electrons. The first-order valence-corrected chi connectivity index (χ1v) is 7.83. The third kappa shape index (κ3) is 3.21. The van der Waals surface area contributed by atoms with Gasteiger partial charge in [-0.25, -0.2) is 4.79 Å². The van der Waals surface area contributed by atoms with Crippen molar-refractivity contribution in [2.45, 2.75) is 52.6 Å². The Balaban J connectivity index is 0.00000176. The lowest BCUT2D eigenvalue weighted by Gasteiger charge is -2.33. The van der Waals surface area contributed by atoms with Crippen molar-refractivity contribution in [2.24, 2.45) is 0 Å². The number of hydrogen-bond acceptors (Lipinski definition) is 3. The fourth-order valence-electron chi connectivity index (χ4n) is 3.27. The van der Waals surface area contributed by atoms with Gasteiger partial charge >= 0.3 is 5.63 Å². The fourth-order valence-corrected chi connectivity index (χ4v) is 3.27. The Morgan fingerprint density at radius 1 is 1.27 bits per heavy atom. The van der Waals surface area contributed by atoms with E-state index in [4.69, 9.17) is 4.42 Å². The van der Waals surface area contributed by atoms with Gasteiger partial charge < -0.3 is 16.8 Å². The molecule has 3 nitrogen and oxygen atoms in total. The normalized spacial score (nSPS) is 19.1. The van der Waals surface area contributed by atoms with E-state index in [9.17, 15) is 4.79 Å². The van der Waals surface area contributed by atoms with Gasteiger partial charge in [-0.2, -0.15) is 0 Å². The molecule has 1 fully saturated rings. The van der Waals surface area contributed by atoms with Gasteiger partial charge in [0.05, 0.1) is 0 Å². The number of piperidine rings is 1. The molecule has 120 valence electrons. The summed E-state index contributed by atoms with van der Waals surface area (Å²) in [6.45, 7) is 8.31. The number of aryl methyl sites for hydroxylation is 2. The zero-order valence-corrected chi connectivity index (χ0v) is 14.2. The highest BCUT2D eigenvalue weighted by Crippen LogP contribution is 2.26. The van der Waals surface area contributed by atoms with Crippen LogP contribution in [0.2, 0.25) is 0 Å². The van der Waals surface area contributed by atoms with Crippen LogP contribution in [0.5, 0.6) is 0 Å². The summed E-state index contributed by atoms with van der Waals surface area (Å²) in [5.74, 6) is 0. The first kappa shape index (κ1) is 17.0. The summed E-state index contributed by atoms with van der Waals surface area (Å²) in [6.07, 6.45) is 3.81. The number of hydrogen-bond donors (Lipinski definition) is 0. The maximum absolute atomic E-state index is 11.9. The van der Waals surface area contributed by atoms with Gasteiger partial charge in [0.2, 0.25) is 0 Å². The zero-order valence-electron chi connectivity index (χ0n) is 13.5. The van der Waals surface area contributed by atoms with Gasteiger partial charge in [0.15, 0.2) is 0 Å². The Morgan fingerprint density at radius 2 is 2.05 bits per heavy atom. The molecule has 0 amide bonds. The van der Waals surface area contributed by atoms with Crippen LogP contribution in [-0.4, -0.2) is 17.5 Å². The topological polar surface area (TPSA) is 33.5 Å². The van der Waals surface area contributed by atoms with Crippen LogP contribution in [0.4, 0.5) is 0 Å². The average molecular weight is 321 g/mol. The molecule has 3 rings (SSSR count). The van der Waals surface area contributed by atoms with Crippen LogP contribution < -0.4 is 18.0 Å². The molecule has 1 aliphatic rings. The van der Waals surface area contributed by atoms with Gasteiger partial charge in [-0.1, -0.05) is 18.6 Å². The lowest BCUT2D eigenvalue weighted by molar-refractivity contribution is -0.00000509. The number of halogens is 1. The van der Waals surface area contributed by atoms with E-state index in [0.29, 0.717) is 6.04 Å². The van der Waals surface area contributed by atoms with E-state index in [0.717, 1.165) is 40.7 Å². The summed E-state index contributed by atoms with van der Waals surface area (Å²) in [6, 6.07) is 6.46. The average Bonchev–Trinajstić information content (AvgIpc) is 2.46. The van der Waals surface area contributed by atoms with E-state index in [1.165, 1.54) is 19.3 Å². The lowest BCUT2D eigenvalue weighted by atomic mass is 10.00. The van der Waals surface area contributed by atoms with Crippen LogP contribution in [0, 0.1) is 13.8 Å². The first-order chi connectivity index (χ1) is 10.1. The first-order valence-electron chi connectivity index (χ1n) is 7.83. The van der Waals surface area contributed by atoms with Gasteiger partial charge in [0.1, 0.15) is 5.58 Å². The number of nitrogens with zero attached hydrogens (tertiary/aromatic N) is 1. The number of fused-ring (bicyclic) bond motifs is 1. The quantitative estimate of drug-likeness (QED) is 0.767. The summed E-state index contributed by atoms with van der Waals surface area (Å²) < 4.78 is 5.46. The summed E-state index contributed by atoms with van der Waals surface area (Å²) in [5.41, 5.74) is 3.84. The molecule has 1 atom stereocenters. The summed E-state index contributed by atoms with van der Waals surface area (Å²) in [5, 5.41) is 1.08. The monoisotopic (exact) mass is 320 g/mol. The minimum atomic E-state index is -0.240. The van der Waals surface area contributed by atoms with E-state index in [-0.39, 0.29) is 18.0 Å². The molecule has 0 N–H and O–H groups in total. The molecule has 2 aromatic rings. The molecule has 1 saturated heterocycles. The van der Waals surface area contributed by atoms with Crippen LogP contribution in [-0.2, 0) is 6.54 Å². The smallest absolute Gasteiger partial charge is 0.336 e. The summed E-state index contributed by atoms with van der Waals surface area (Å²) in [4.78, 5) is 14.4. The highest BCUT2D eigenvalue weighted by molar-refractivity contribution is 5.83. The van der Waals surface area contributed by atoms with Crippen LogP contribution in [0.1, 0.15) is 42.9 Å². The molecular formula is C18H23ClNO2-. The zero-order chi connectivity index (χ0) is 15.0. The highest BCUT2D eigenvalue weighted by atomic mass is 35.5. The van der Waals surface area contributed by atoms with Crippen molar-refractivity contribution in [2.75, 3.05) is 6.54 Å².